The highest BCUT2D eigenvalue weighted by molar-refractivity contribution is 5.73. The van der Waals surface area contributed by atoms with Crippen LogP contribution in [0.4, 0.5) is 0 Å². The van der Waals surface area contributed by atoms with Crippen molar-refractivity contribution in [2.45, 2.75) is 45.1 Å². The first-order valence-corrected chi connectivity index (χ1v) is 5.54. The maximum atomic E-state index is 11.1. The minimum absolute atomic E-state index is 0.0546. The molecule has 78 valence electrons. The lowest BCUT2D eigenvalue weighted by Crippen LogP contribution is -2.49. The van der Waals surface area contributed by atoms with Crippen LogP contribution in [0, 0.1) is 11.8 Å². The van der Waals surface area contributed by atoms with E-state index in [4.69, 9.17) is 0 Å². The van der Waals surface area contributed by atoms with E-state index in [1.165, 1.54) is 12.8 Å². The van der Waals surface area contributed by atoms with Crippen LogP contribution in [0.15, 0.2) is 12.2 Å². The summed E-state index contributed by atoms with van der Waals surface area (Å²) in [6, 6.07) is 0. The van der Waals surface area contributed by atoms with Crippen molar-refractivity contribution in [3.8, 4) is 0 Å². The molecule has 0 spiro atoms. The summed E-state index contributed by atoms with van der Waals surface area (Å²) < 4.78 is 0. The van der Waals surface area contributed by atoms with Gasteiger partial charge in [0.1, 0.15) is 0 Å². The minimum atomic E-state index is 0.0546. The maximum absolute atomic E-state index is 11.1. The molecular formula is C12H19NO. The Kier molecular flexibility index (Phi) is 2.38. The summed E-state index contributed by atoms with van der Waals surface area (Å²) in [5, 5.41) is 3.10. The first kappa shape index (κ1) is 9.75. The number of nitrogens with one attached hydrogen (secondary N) is 1. The van der Waals surface area contributed by atoms with E-state index in [2.05, 4.69) is 24.4 Å². The molecule has 0 bridgehead atoms. The predicted molar refractivity (Wildman–Crippen MR) is 56.8 cm³/mol. The van der Waals surface area contributed by atoms with Crippen molar-refractivity contribution in [2.75, 3.05) is 0 Å². The lowest BCUT2D eigenvalue weighted by molar-refractivity contribution is -0.121. The fraction of sp³-hybridized carbons (Fsp3) is 0.750. The van der Waals surface area contributed by atoms with E-state index in [0.717, 1.165) is 24.7 Å². The van der Waals surface area contributed by atoms with Crippen molar-refractivity contribution in [1.29, 1.82) is 0 Å². The minimum Gasteiger partial charge on any atom is -0.351 e. The largest absolute Gasteiger partial charge is 0.351 e. The Morgan fingerprint density at radius 2 is 2.36 bits per heavy atom. The Labute approximate surface area is 85.8 Å². The summed E-state index contributed by atoms with van der Waals surface area (Å²) in [4.78, 5) is 11.1. The molecule has 0 aromatic heterocycles. The Bertz CT molecular complexity index is 271. The SMILES string of the molecule is CC(=O)N[C@@]1(C)CC[C@@H]2C=CC[C@@H]2C1. The van der Waals surface area contributed by atoms with Crippen LogP contribution in [0.2, 0.25) is 0 Å². The molecule has 2 aliphatic carbocycles. The van der Waals surface area contributed by atoms with Crippen LogP contribution in [0.5, 0.6) is 0 Å². The molecule has 2 aliphatic rings. The lowest BCUT2D eigenvalue weighted by Gasteiger charge is -2.40. The second-order valence-corrected chi connectivity index (χ2v) is 5.07. The van der Waals surface area contributed by atoms with Gasteiger partial charge in [0.25, 0.3) is 0 Å². The second-order valence-electron chi connectivity index (χ2n) is 5.07. The first-order chi connectivity index (χ1) is 6.59. The van der Waals surface area contributed by atoms with Crippen LogP contribution in [-0.4, -0.2) is 11.4 Å². The number of hydrogen-bond donors (Lipinski definition) is 1. The zero-order chi connectivity index (χ0) is 10.2. The van der Waals surface area contributed by atoms with Gasteiger partial charge in [-0.25, -0.2) is 0 Å². The van der Waals surface area contributed by atoms with Crippen LogP contribution in [0.25, 0.3) is 0 Å². The van der Waals surface area contributed by atoms with Crippen LogP contribution in [0.3, 0.4) is 0 Å². The Morgan fingerprint density at radius 3 is 3.07 bits per heavy atom. The van der Waals surface area contributed by atoms with Crippen molar-refractivity contribution in [1.82, 2.24) is 5.32 Å². The van der Waals surface area contributed by atoms with Gasteiger partial charge < -0.3 is 5.32 Å². The third-order valence-corrected chi connectivity index (χ3v) is 3.65. The molecule has 14 heavy (non-hydrogen) atoms. The van der Waals surface area contributed by atoms with Crippen molar-refractivity contribution in [3.05, 3.63) is 12.2 Å². The fourth-order valence-electron chi connectivity index (χ4n) is 3.03. The highest BCUT2D eigenvalue weighted by Crippen LogP contribution is 2.42. The summed E-state index contributed by atoms with van der Waals surface area (Å²) in [6.07, 6.45) is 9.37. The fourth-order valence-corrected chi connectivity index (χ4v) is 3.03. The van der Waals surface area contributed by atoms with Crippen molar-refractivity contribution in [3.63, 3.8) is 0 Å². The monoisotopic (exact) mass is 193 g/mol. The average molecular weight is 193 g/mol. The van der Waals surface area contributed by atoms with Crippen LogP contribution >= 0.6 is 0 Å². The molecule has 0 unspecified atom stereocenters. The standard InChI is InChI=1S/C12H19NO/c1-9(14)13-12(2)7-6-10-4-3-5-11(10)8-12/h3-4,10-11H,5-8H2,1-2H3,(H,13,14)/t10-,11+,12-/m0/s1. The Morgan fingerprint density at radius 1 is 1.57 bits per heavy atom. The molecule has 0 aliphatic heterocycles. The predicted octanol–water partition coefficient (Wildman–Crippen LogP) is 2.26. The van der Waals surface area contributed by atoms with Gasteiger partial charge in [0, 0.05) is 12.5 Å². The van der Waals surface area contributed by atoms with Crippen molar-refractivity contribution in [2.24, 2.45) is 11.8 Å². The molecule has 2 nitrogen and oxygen atoms in total. The van der Waals surface area contributed by atoms with E-state index < -0.39 is 0 Å². The molecule has 0 saturated heterocycles. The summed E-state index contributed by atoms with van der Waals surface area (Å²) in [5.41, 5.74) is 0.0546. The van der Waals surface area contributed by atoms with Crippen LogP contribution in [-0.2, 0) is 4.79 Å². The number of amides is 1. The van der Waals surface area contributed by atoms with Gasteiger partial charge in [-0.2, -0.15) is 0 Å². The van der Waals surface area contributed by atoms with Crippen LogP contribution in [0.1, 0.15) is 39.5 Å². The third kappa shape index (κ3) is 1.84. The normalized spacial score (nSPS) is 40.7. The van der Waals surface area contributed by atoms with Gasteiger partial charge in [0.05, 0.1) is 0 Å². The molecule has 1 fully saturated rings. The topological polar surface area (TPSA) is 29.1 Å². The molecule has 2 rings (SSSR count). The van der Waals surface area contributed by atoms with Gasteiger partial charge in [-0.3, -0.25) is 4.79 Å². The molecule has 0 aromatic carbocycles. The Hall–Kier alpha value is -0.790. The molecule has 1 N–H and O–H groups in total. The summed E-state index contributed by atoms with van der Waals surface area (Å²) in [6.45, 7) is 3.80. The second kappa shape index (κ2) is 3.41. The number of fused-ring (bicyclic) bond motifs is 1. The van der Waals surface area contributed by atoms with Crippen LogP contribution < -0.4 is 5.32 Å². The zero-order valence-electron chi connectivity index (χ0n) is 9.05. The molecule has 2 heteroatoms. The molecule has 3 atom stereocenters. The van der Waals surface area contributed by atoms with E-state index >= 15 is 0 Å². The molecule has 1 saturated carbocycles. The third-order valence-electron chi connectivity index (χ3n) is 3.65. The molecular weight excluding hydrogens is 174 g/mol. The van der Waals surface area contributed by atoms with Gasteiger partial charge >= 0.3 is 0 Å². The van der Waals surface area contributed by atoms with Gasteiger partial charge in [-0.15, -0.1) is 0 Å². The van der Waals surface area contributed by atoms with Crippen molar-refractivity contribution < 1.29 is 4.79 Å². The maximum Gasteiger partial charge on any atom is 0.217 e. The van der Waals surface area contributed by atoms with Gasteiger partial charge in [-0.1, -0.05) is 12.2 Å². The van der Waals surface area contributed by atoms with Gasteiger partial charge in [0.15, 0.2) is 0 Å². The number of rotatable bonds is 1. The lowest BCUT2D eigenvalue weighted by atomic mass is 9.72. The van der Waals surface area contributed by atoms with E-state index in [0.29, 0.717) is 0 Å². The first-order valence-electron chi connectivity index (χ1n) is 5.54. The molecule has 1 amide bonds. The molecule has 0 heterocycles. The average Bonchev–Trinajstić information content (AvgIpc) is 2.48. The number of hydrogen-bond acceptors (Lipinski definition) is 1. The smallest absolute Gasteiger partial charge is 0.217 e. The summed E-state index contributed by atoms with van der Waals surface area (Å²) >= 11 is 0. The van der Waals surface area contributed by atoms with E-state index in [-0.39, 0.29) is 11.4 Å². The summed E-state index contributed by atoms with van der Waals surface area (Å²) in [7, 11) is 0. The van der Waals surface area contributed by atoms with Crippen molar-refractivity contribution >= 4 is 5.91 Å². The van der Waals surface area contributed by atoms with Gasteiger partial charge in [-0.05, 0) is 44.4 Å². The highest BCUT2D eigenvalue weighted by Gasteiger charge is 2.38. The Balaban J connectivity index is 2.00. The van der Waals surface area contributed by atoms with Gasteiger partial charge in [0.2, 0.25) is 5.91 Å². The quantitative estimate of drug-likeness (QED) is 0.636. The molecule has 0 radical (unpaired) electrons. The van der Waals surface area contributed by atoms with E-state index in [1.807, 2.05) is 0 Å². The summed E-state index contributed by atoms with van der Waals surface area (Å²) in [5.74, 6) is 1.68. The number of carbonyl (C=O) groups excluding carboxylic acids is 1. The number of allylic oxidation sites excluding steroid dienone is 2. The van der Waals surface area contributed by atoms with E-state index in [1.54, 1.807) is 6.92 Å². The highest BCUT2D eigenvalue weighted by atomic mass is 16.1. The molecule has 0 aromatic rings. The zero-order valence-corrected chi connectivity index (χ0v) is 9.05. The van der Waals surface area contributed by atoms with E-state index in [9.17, 15) is 4.79 Å². The number of carbonyl (C=O) groups is 1.